The first-order valence-electron chi connectivity index (χ1n) is 8.31. The summed E-state index contributed by atoms with van der Waals surface area (Å²) in [5.41, 5.74) is 1.30. The molecule has 0 aromatic heterocycles. The minimum Gasteiger partial charge on any atom is -0.493 e. The van der Waals surface area contributed by atoms with Gasteiger partial charge in [-0.05, 0) is 63.6 Å². The lowest BCUT2D eigenvalue weighted by Crippen LogP contribution is -2.43. The molecule has 0 N–H and O–H groups in total. The second-order valence-corrected chi connectivity index (χ2v) is 6.09. The third-order valence-electron chi connectivity index (χ3n) is 4.83. The average molecular weight is 306 g/mol. The molecule has 1 aromatic rings. The quantitative estimate of drug-likeness (QED) is 0.773. The van der Waals surface area contributed by atoms with Crippen molar-refractivity contribution in [3.8, 4) is 11.5 Å². The van der Waals surface area contributed by atoms with Crippen molar-refractivity contribution in [3.05, 3.63) is 23.8 Å². The van der Waals surface area contributed by atoms with Crippen LogP contribution >= 0.6 is 0 Å². The Morgan fingerprint density at radius 2 is 1.82 bits per heavy atom. The van der Waals surface area contributed by atoms with Crippen LogP contribution in [0.4, 0.5) is 0 Å². The molecule has 0 unspecified atom stereocenters. The van der Waals surface area contributed by atoms with Crippen LogP contribution in [-0.2, 0) is 6.42 Å². The number of likely N-dealkylation sites (N-methyl/N-ethyl adjacent to an activating group) is 1. The largest absolute Gasteiger partial charge is 0.493 e. The lowest BCUT2D eigenvalue weighted by molar-refractivity contribution is 0.132. The summed E-state index contributed by atoms with van der Waals surface area (Å²) in [5.74, 6) is 1.62. The van der Waals surface area contributed by atoms with Crippen molar-refractivity contribution in [3.63, 3.8) is 0 Å². The highest BCUT2D eigenvalue weighted by Crippen LogP contribution is 2.27. The van der Waals surface area contributed by atoms with Gasteiger partial charge in [-0.2, -0.15) is 0 Å². The zero-order chi connectivity index (χ0) is 15.9. The standard InChI is InChI=1S/C18H30N2O2/c1-5-20-12-9-16(10-13-20)19(2)11-8-15-6-7-17(21-3)18(14-15)22-4/h6-7,14,16H,5,8-13H2,1-4H3. The Balaban J connectivity index is 1.84. The number of methoxy groups -OCH3 is 2. The third kappa shape index (κ3) is 4.37. The van der Waals surface area contributed by atoms with Gasteiger partial charge in [0, 0.05) is 12.6 Å². The van der Waals surface area contributed by atoms with Gasteiger partial charge in [-0.15, -0.1) is 0 Å². The first kappa shape index (κ1) is 17.1. The van der Waals surface area contributed by atoms with Gasteiger partial charge >= 0.3 is 0 Å². The number of piperidine rings is 1. The van der Waals surface area contributed by atoms with Crippen molar-refractivity contribution in [1.29, 1.82) is 0 Å². The van der Waals surface area contributed by atoms with E-state index in [9.17, 15) is 0 Å². The number of benzene rings is 1. The molecule has 0 aliphatic carbocycles. The van der Waals surface area contributed by atoms with Gasteiger partial charge in [-0.25, -0.2) is 0 Å². The summed E-state index contributed by atoms with van der Waals surface area (Å²) in [7, 11) is 5.62. The summed E-state index contributed by atoms with van der Waals surface area (Å²) in [6.45, 7) is 7.00. The van der Waals surface area contributed by atoms with Crippen LogP contribution in [0.3, 0.4) is 0 Å². The fourth-order valence-corrected chi connectivity index (χ4v) is 3.20. The van der Waals surface area contributed by atoms with E-state index in [4.69, 9.17) is 9.47 Å². The molecule has 0 spiro atoms. The smallest absolute Gasteiger partial charge is 0.160 e. The fraction of sp³-hybridized carbons (Fsp3) is 0.667. The molecule has 22 heavy (non-hydrogen) atoms. The summed E-state index contributed by atoms with van der Waals surface area (Å²) >= 11 is 0. The number of rotatable bonds is 7. The lowest BCUT2D eigenvalue weighted by atomic mass is 10.0. The van der Waals surface area contributed by atoms with Crippen LogP contribution in [0.25, 0.3) is 0 Å². The highest BCUT2D eigenvalue weighted by Gasteiger charge is 2.21. The van der Waals surface area contributed by atoms with Crippen molar-refractivity contribution < 1.29 is 9.47 Å². The van der Waals surface area contributed by atoms with Crippen LogP contribution < -0.4 is 9.47 Å². The molecule has 124 valence electrons. The molecule has 4 heteroatoms. The van der Waals surface area contributed by atoms with Gasteiger partial charge in [-0.3, -0.25) is 0 Å². The zero-order valence-electron chi connectivity index (χ0n) is 14.5. The summed E-state index contributed by atoms with van der Waals surface area (Å²) in [4.78, 5) is 5.06. The molecule has 0 bridgehead atoms. The van der Waals surface area contributed by atoms with Crippen LogP contribution in [0.5, 0.6) is 11.5 Å². The average Bonchev–Trinajstić information content (AvgIpc) is 2.59. The van der Waals surface area contributed by atoms with Crippen LogP contribution in [0.2, 0.25) is 0 Å². The zero-order valence-corrected chi connectivity index (χ0v) is 14.5. The van der Waals surface area contributed by atoms with Gasteiger partial charge in [0.15, 0.2) is 11.5 Å². The summed E-state index contributed by atoms with van der Waals surface area (Å²) in [5, 5.41) is 0. The molecule has 1 fully saturated rings. The van der Waals surface area contributed by atoms with Crippen LogP contribution in [0.1, 0.15) is 25.3 Å². The van der Waals surface area contributed by atoms with E-state index in [0.29, 0.717) is 0 Å². The van der Waals surface area contributed by atoms with E-state index in [-0.39, 0.29) is 0 Å². The molecular formula is C18H30N2O2. The van der Waals surface area contributed by atoms with Crippen LogP contribution in [0, 0.1) is 0 Å². The molecule has 1 aliphatic heterocycles. The highest BCUT2D eigenvalue weighted by molar-refractivity contribution is 5.42. The highest BCUT2D eigenvalue weighted by atomic mass is 16.5. The Labute approximate surface area is 135 Å². The van der Waals surface area contributed by atoms with Crippen LogP contribution in [0.15, 0.2) is 18.2 Å². The number of ether oxygens (including phenoxy) is 2. The van der Waals surface area contributed by atoms with Gasteiger partial charge < -0.3 is 19.3 Å². The molecule has 4 nitrogen and oxygen atoms in total. The minimum absolute atomic E-state index is 0.725. The molecule has 1 saturated heterocycles. The second-order valence-electron chi connectivity index (χ2n) is 6.09. The summed E-state index contributed by atoms with van der Waals surface area (Å²) in [6, 6.07) is 6.94. The van der Waals surface area contributed by atoms with Gasteiger partial charge in [0.25, 0.3) is 0 Å². The van der Waals surface area contributed by atoms with Crippen molar-refractivity contribution in [1.82, 2.24) is 9.80 Å². The molecule has 0 atom stereocenters. The van der Waals surface area contributed by atoms with Crippen LogP contribution in [-0.4, -0.2) is 63.3 Å². The van der Waals surface area contributed by atoms with E-state index in [1.54, 1.807) is 14.2 Å². The van der Waals surface area contributed by atoms with E-state index >= 15 is 0 Å². The summed E-state index contributed by atoms with van der Waals surface area (Å²) in [6.07, 6.45) is 3.62. The molecular weight excluding hydrogens is 276 g/mol. The Bertz CT molecular complexity index is 456. The van der Waals surface area contributed by atoms with Gasteiger partial charge in [0.1, 0.15) is 0 Å². The first-order chi connectivity index (χ1) is 10.7. The number of hydrogen-bond donors (Lipinski definition) is 0. The second kappa shape index (κ2) is 8.39. The van der Waals surface area contributed by atoms with Crippen molar-refractivity contribution >= 4 is 0 Å². The third-order valence-corrected chi connectivity index (χ3v) is 4.83. The Kier molecular flexibility index (Phi) is 6.52. The van der Waals surface area contributed by atoms with Gasteiger partial charge in [0.2, 0.25) is 0 Å². The van der Waals surface area contributed by atoms with E-state index in [1.807, 2.05) is 6.07 Å². The van der Waals surface area contributed by atoms with E-state index in [0.717, 1.165) is 30.5 Å². The van der Waals surface area contributed by atoms with E-state index in [1.165, 1.54) is 38.0 Å². The maximum absolute atomic E-state index is 5.38. The molecule has 0 radical (unpaired) electrons. The Hall–Kier alpha value is -1.26. The molecule has 1 aromatic carbocycles. The van der Waals surface area contributed by atoms with E-state index in [2.05, 4.69) is 35.9 Å². The predicted molar refractivity (Wildman–Crippen MR) is 91.0 cm³/mol. The van der Waals surface area contributed by atoms with Crippen molar-refractivity contribution in [2.45, 2.75) is 32.2 Å². The Morgan fingerprint density at radius 1 is 1.14 bits per heavy atom. The maximum Gasteiger partial charge on any atom is 0.160 e. The number of likely N-dealkylation sites (tertiary alicyclic amines) is 1. The van der Waals surface area contributed by atoms with Gasteiger partial charge in [-0.1, -0.05) is 13.0 Å². The first-order valence-corrected chi connectivity index (χ1v) is 8.31. The lowest BCUT2D eigenvalue weighted by Gasteiger charge is -2.36. The topological polar surface area (TPSA) is 24.9 Å². The summed E-state index contributed by atoms with van der Waals surface area (Å²) < 4.78 is 10.7. The molecule has 2 rings (SSSR count). The predicted octanol–water partition coefficient (Wildman–Crippen LogP) is 2.66. The molecule has 0 saturated carbocycles. The normalized spacial score (nSPS) is 17.0. The SMILES string of the molecule is CCN1CCC(N(C)CCc2ccc(OC)c(OC)c2)CC1. The van der Waals surface area contributed by atoms with E-state index < -0.39 is 0 Å². The number of nitrogens with zero attached hydrogens (tertiary/aromatic N) is 2. The molecule has 1 aliphatic rings. The van der Waals surface area contributed by atoms with Crippen molar-refractivity contribution in [2.24, 2.45) is 0 Å². The molecule has 1 heterocycles. The maximum atomic E-state index is 5.38. The minimum atomic E-state index is 0.725. The van der Waals surface area contributed by atoms with Gasteiger partial charge in [0.05, 0.1) is 14.2 Å². The fourth-order valence-electron chi connectivity index (χ4n) is 3.20. The molecule has 0 amide bonds. The number of hydrogen-bond acceptors (Lipinski definition) is 4. The Morgan fingerprint density at radius 3 is 2.41 bits per heavy atom. The monoisotopic (exact) mass is 306 g/mol. The van der Waals surface area contributed by atoms with Crippen molar-refractivity contribution in [2.75, 3.05) is 47.4 Å².